The summed E-state index contributed by atoms with van der Waals surface area (Å²) in [6, 6.07) is 0. The summed E-state index contributed by atoms with van der Waals surface area (Å²) in [4.78, 5) is 3.27. The standard InChI is InChI=1S/C6H8F3N3OS/c1-13-3-2-10-5-11-4(12-14-5)6(7,8)9/h2-3H2,1H3,(H,10,11,12). The summed E-state index contributed by atoms with van der Waals surface area (Å²) < 4.78 is 43.9. The zero-order valence-corrected chi connectivity index (χ0v) is 8.08. The number of nitrogens with one attached hydrogen (secondary N) is 1. The average molecular weight is 227 g/mol. The highest BCUT2D eigenvalue weighted by atomic mass is 32.1. The van der Waals surface area contributed by atoms with Gasteiger partial charge in [0, 0.05) is 25.2 Å². The fourth-order valence-electron chi connectivity index (χ4n) is 0.670. The Kier molecular flexibility index (Phi) is 3.64. The number of hydrogen-bond acceptors (Lipinski definition) is 5. The van der Waals surface area contributed by atoms with Crippen LogP contribution in [0.5, 0.6) is 0 Å². The van der Waals surface area contributed by atoms with Gasteiger partial charge in [0.25, 0.3) is 0 Å². The molecule has 0 amide bonds. The number of nitrogens with zero attached hydrogens (tertiary/aromatic N) is 2. The van der Waals surface area contributed by atoms with Gasteiger partial charge >= 0.3 is 6.18 Å². The summed E-state index contributed by atoms with van der Waals surface area (Å²) in [5.74, 6) is -1.11. The highest BCUT2D eigenvalue weighted by Crippen LogP contribution is 2.28. The summed E-state index contributed by atoms with van der Waals surface area (Å²) >= 11 is 0.679. The Hall–Kier alpha value is -0.890. The Morgan fingerprint density at radius 3 is 2.71 bits per heavy atom. The normalized spacial score (nSPS) is 11.7. The summed E-state index contributed by atoms with van der Waals surface area (Å²) in [5.41, 5.74) is 0. The van der Waals surface area contributed by atoms with Crippen LogP contribution in [-0.2, 0) is 10.9 Å². The minimum atomic E-state index is -4.47. The molecule has 8 heteroatoms. The van der Waals surface area contributed by atoms with Crippen molar-refractivity contribution >= 4 is 16.7 Å². The van der Waals surface area contributed by atoms with Crippen LogP contribution in [-0.4, -0.2) is 29.6 Å². The Labute approximate surface area is 82.3 Å². The molecule has 1 aromatic rings. The first-order valence-electron chi connectivity index (χ1n) is 3.67. The SMILES string of the molecule is COCCNc1nc(C(F)(F)F)ns1. The van der Waals surface area contributed by atoms with Crippen molar-refractivity contribution in [3.63, 3.8) is 0 Å². The first-order chi connectivity index (χ1) is 6.54. The Bertz CT molecular complexity index is 288. The van der Waals surface area contributed by atoms with Crippen molar-refractivity contribution < 1.29 is 17.9 Å². The molecular weight excluding hydrogens is 219 g/mol. The molecule has 1 N–H and O–H groups in total. The van der Waals surface area contributed by atoms with Gasteiger partial charge < -0.3 is 10.1 Å². The van der Waals surface area contributed by atoms with E-state index in [9.17, 15) is 13.2 Å². The summed E-state index contributed by atoms with van der Waals surface area (Å²) in [6.45, 7) is 0.809. The quantitative estimate of drug-likeness (QED) is 0.794. The van der Waals surface area contributed by atoms with Gasteiger partial charge in [-0.15, -0.1) is 0 Å². The molecule has 0 unspecified atom stereocenters. The van der Waals surface area contributed by atoms with E-state index in [1.807, 2.05) is 0 Å². The zero-order valence-electron chi connectivity index (χ0n) is 7.26. The topological polar surface area (TPSA) is 47.0 Å². The van der Waals surface area contributed by atoms with Gasteiger partial charge in [-0.05, 0) is 0 Å². The molecule has 0 aromatic carbocycles. The van der Waals surface area contributed by atoms with Gasteiger partial charge in [-0.3, -0.25) is 0 Å². The summed E-state index contributed by atoms with van der Waals surface area (Å²) in [7, 11) is 1.50. The molecule has 80 valence electrons. The maximum atomic E-state index is 12.0. The average Bonchev–Trinajstić information content (AvgIpc) is 2.52. The molecule has 0 aliphatic heterocycles. The van der Waals surface area contributed by atoms with Gasteiger partial charge in [-0.2, -0.15) is 22.5 Å². The van der Waals surface area contributed by atoms with Crippen LogP contribution in [0.1, 0.15) is 5.82 Å². The molecule has 0 saturated heterocycles. The van der Waals surface area contributed by atoms with E-state index in [4.69, 9.17) is 4.74 Å². The first-order valence-corrected chi connectivity index (χ1v) is 4.45. The van der Waals surface area contributed by atoms with E-state index in [0.717, 1.165) is 0 Å². The maximum absolute atomic E-state index is 12.0. The zero-order chi connectivity index (χ0) is 10.6. The number of anilines is 1. The highest BCUT2D eigenvalue weighted by Gasteiger charge is 2.35. The van der Waals surface area contributed by atoms with Crippen LogP contribution < -0.4 is 5.32 Å². The lowest BCUT2D eigenvalue weighted by molar-refractivity contribution is -0.144. The highest BCUT2D eigenvalue weighted by molar-refractivity contribution is 7.09. The van der Waals surface area contributed by atoms with Crippen LogP contribution >= 0.6 is 11.5 Å². The number of hydrogen-bond donors (Lipinski definition) is 1. The van der Waals surface area contributed by atoms with Crippen LogP contribution in [0, 0.1) is 0 Å². The number of ether oxygens (including phenoxy) is 1. The third-order valence-corrected chi connectivity index (χ3v) is 1.93. The smallest absolute Gasteiger partial charge is 0.383 e. The van der Waals surface area contributed by atoms with Crippen LogP contribution in [0.3, 0.4) is 0 Å². The van der Waals surface area contributed by atoms with Crippen molar-refractivity contribution in [3.8, 4) is 0 Å². The van der Waals surface area contributed by atoms with E-state index in [1.165, 1.54) is 7.11 Å². The van der Waals surface area contributed by atoms with E-state index in [-0.39, 0.29) is 5.13 Å². The molecule has 0 fully saturated rings. The van der Waals surface area contributed by atoms with E-state index >= 15 is 0 Å². The van der Waals surface area contributed by atoms with Crippen molar-refractivity contribution in [2.24, 2.45) is 0 Å². The molecule has 4 nitrogen and oxygen atoms in total. The Morgan fingerprint density at radius 2 is 2.21 bits per heavy atom. The van der Waals surface area contributed by atoms with Gasteiger partial charge in [0.05, 0.1) is 6.61 Å². The minimum Gasteiger partial charge on any atom is -0.383 e. The molecule has 0 atom stereocenters. The van der Waals surface area contributed by atoms with Gasteiger partial charge in [-0.25, -0.2) is 0 Å². The second kappa shape index (κ2) is 4.56. The van der Waals surface area contributed by atoms with Crippen molar-refractivity contribution in [1.82, 2.24) is 9.36 Å². The van der Waals surface area contributed by atoms with Crippen LogP contribution in [0.15, 0.2) is 0 Å². The fourth-order valence-corrected chi connectivity index (χ4v) is 1.28. The molecule has 1 rings (SSSR count). The van der Waals surface area contributed by atoms with Gasteiger partial charge in [0.15, 0.2) is 0 Å². The van der Waals surface area contributed by atoms with Crippen LogP contribution in [0.4, 0.5) is 18.3 Å². The molecule has 0 spiro atoms. The third kappa shape index (κ3) is 3.11. The summed E-state index contributed by atoms with van der Waals surface area (Å²) in [5, 5.41) is 2.81. The number of alkyl halides is 3. The molecular formula is C6H8F3N3OS. The lowest BCUT2D eigenvalue weighted by Crippen LogP contribution is -2.09. The molecule has 0 radical (unpaired) electrons. The van der Waals surface area contributed by atoms with Crippen LogP contribution in [0.25, 0.3) is 0 Å². The maximum Gasteiger partial charge on any atom is 0.452 e. The van der Waals surface area contributed by atoms with Crippen molar-refractivity contribution in [2.45, 2.75) is 6.18 Å². The molecule has 0 aliphatic carbocycles. The number of methoxy groups -OCH3 is 1. The molecule has 0 bridgehead atoms. The molecule has 1 heterocycles. The van der Waals surface area contributed by atoms with Gasteiger partial charge in [-0.1, -0.05) is 0 Å². The number of aromatic nitrogens is 2. The Balaban J connectivity index is 2.51. The van der Waals surface area contributed by atoms with E-state index in [2.05, 4.69) is 14.7 Å². The van der Waals surface area contributed by atoms with Gasteiger partial charge in [0.2, 0.25) is 11.0 Å². The fraction of sp³-hybridized carbons (Fsp3) is 0.667. The van der Waals surface area contributed by atoms with Crippen LogP contribution in [0.2, 0.25) is 0 Å². The van der Waals surface area contributed by atoms with Crippen molar-refractivity contribution in [1.29, 1.82) is 0 Å². The van der Waals surface area contributed by atoms with E-state index in [1.54, 1.807) is 0 Å². The Morgan fingerprint density at radius 1 is 1.50 bits per heavy atom. The minimum absolute atomic E-state index is 0.148. The molecule has 1 aromatic heterocycles. The summed E-state index contributed by atoms with van der Waals surface area (Å²) in [6.07, 6.45) is -4.47. The molecule has 0 saturated carbocycles. The third-order valence-electron chi connectivity index (χ3n) is 1.26. The number of halogens is 3. The second-order valence-corrected chi connectivity index (χ2v) is 3.09. The van der Waals surface area contributed by atoms with E-state index in [0.29, 0.717) is 24.7 Å². The largest absolute Gasteiger partial charge is 0.452 e. The van der Waals surface area contributed by atoms with Crippen molar-refractivity contribution in [3.05, 3.63) is 5.82 Å². The number of rotatable bonds is 4. The predicted molar refractivity (Wildman–Crippen MR) is 45.3 cm³/mol. The molecule has 14 heavy (non-hydrogen) atoms. The first kappa shape index (κ1) is 11.2. The van der Waals surface area contributed by atoms with Gasteiger partial charge in [0.1, 0.15) is 0 Å². The monoisotopic (exact) mass is 227 g/mol. The lowest BCUT2D eigenvalue weighted by Gasteiger charge is -2.00. The molecule has 0 aliphatic rings. The van der Waals surface area contributed by atoms with E-state index < -0.39 is 12.0 Å². The van der Waals surface area contributed by atoms with Crippen molar-refractivity contribution in [2.75, 3.05) is 25.6 Å². The predicted octanol–water partition coefficient (Wildman–Crippen LogP) is 1.62. The second-order valence-electron chi connectivity index (χ2n) is 2.34. The lowest BCUT2D eigenvalue weighted by atomic mass is 10.6.